The molecule has 3 aromatic carbocycles. The molecule has 47 heavy (non-hydrogen) atoms. The summed E-state index contributed by atoms with van der Waals surface area (Å²) in [7, 11) is 0. The summed E-state index contributed by atoms with van der Waals surface area (Å²) in [5.74, 6) is -1.24. The number of ketones is 1. The number of aromatic nitrogens is 4. The Morgan fingerprint density at radius 2 is 1.51 bits per heavy atom. The molecule has 6 aromatic rings. The van der Waals surface area contributed by atoms with Crippen molar-refractivity contribution in [3.8, 4) is 11.4 Å². The van der Waals surface area contributed by atoms with Crippen molar-refractivity contribution in [1.29, 1.82) is 0 Å². The van der Waals surface area contributed by atoms with Crippen LogP contribution in [-0.4, -0.2) is 43.3 Å². The predicted molar refractivity (Wildman–Crippen MR) is 172 cm³/mol. The zero-order valence-electron chi connectivity index (χ0n) is 24.9. The summed E-state index contributed by atoms with van der Waals surface area (Å²) < 4.78 is 12.0. The topological polar surface area (TPSA) is 158 Å². The third-order valence-corrected chi connectivity index (χ3v) is 7.14. The standard InChI is InChI=1S/C35H28N6O6/c42-29(38-26(19-23-11-4-1-5-12-23)30(43)33-40-31-28(47-33)17-10-18-36-31)21-41-32(25-15-8-3-9-16-25)37-20-27(34(41)44)39-35(45)46-22-24-13-6-2-7-14-24/h1-18,20,26H,19,21-22H2,(H,38,42)(H,39,45). The normalized spacial score (nSPS) is 11.5. The highest BCUT2D eigenvalue weighted by Crippen LogP contribution is 2.18. The van der Waals surface area contributed by atoms with Crippen molar-refractivity contribution in [1.82, 2.24) is 24.8 Å². The molecule has 1 unspecified atom stereocenters. The molecule has 3 heterocycles. The SMILES string of the molecule is O=C(Cn1c(-c2ccccc2)ncc(NC(=O)OCc2ccccc2)c1=O)NC(Cc1ccccc1)C(=O)c1nc2ncccc2o1. The van der Waals surface area contributed by atoms with E-state index in [2.05, 4.69) is 25.6 Å². The van der Waals surface area contributed by atoms with Crippen molar-refractivity contribution < 1.29 is 23.5 Å². The first-order chi connectivity index (χ1) is 22.9. The van der Waals surface area contributed by atoms with Gasteiger partial charge in [-0.05, 0) is 23.3 Å². The minimum absolute atomic E-state index is 0.00816. The Labute approximate surface area is 268 Å². The number of carbonyl (C=O) groups excluding carboxylic acids is 3. The second kappa shape index (κ2) is 14.1. The molecule has 12 heteroatoms. The Hall–Kier alpha value is -6.43. The fourth-order valence-electron chi connectivity index (χ4n) is 4.88. The highest BCUT2D eigenvalue weighted by Gasteiger charge is 2.28. The molecule has 0 saturated heterocycles. The molecule has 1 atom stereocenters. The van der Waals surface area contributed by atoms with E-state index >= 15 is 0 Å². The first kappa shape index (κ1) is 30.6. The summed E-state index contributed by atoms with van der Waals surface area (Å²) in [6.45, 7) is -0.524. The van der Waals surface area contributed by atoms with E-state index in [9.17, 15) is 19.2 Å². The average Bonchev–Trinajstić information content (AvgIpc) is 3.54. The van der Waals surface area contributed by atoms with Gasteiger partial charge >= 0.3 is 6.09 Å². The van der Waals surface area contributed by atoms with Crippen LogP contribution in [0.3, 0.4) is 0 Å². The van der Waals surface area contributed by atoms with Gasteiger partial charge in [0.2, 0.25) is 11.7 Å². The van der Waals surface area contributed by atoms with E-state index < -0.39 is 35.9 Å². The lowest BCUT2D eigenvalue weighted by atomic mass is 10.0. The summed E-state index contributed by atoms with van der Waals surface area (Å²) in [5, 5.41) is 5.18. The van der Waals surface area contributed by atoms with Crippen LogP contribution in [-0.2, 0) is 29.1 Å². The molecule has 0 radical (unpaired) electrons. The van der Waals surface area contributed by atoms with E-state index in [1.54, 1.807) is 54.6 Å². The molecule has 0 fully saturated rings. The minimum atomic E-state index is -1.09. The maximum absolute atomic E-state index is 13.7. The number of nitrogens with one attached hydrogen (secondary N) is 2. The first-order valence-electron chi connectivity index (χ1n) is 14.7. The van der Waals surface area contributed by atoms with Gasteiger partial charge in [-0.15, -0.1) is 0 Å². The molecule has 2 amide bonds. The van der Waals surface area contributed by atoms with E-state index in [1.807, 2.05) is 48.5 Å². The molecule has 0 bridgehead atoms. The number of fused-ring (bicyclic) bond motifs is 1. The van der Waals surface area contributed by atoms with Crippen LogP contribution in [0.5, 0.6) is 0 Å². The molecule has 3 aromatic heterocycles. The van der Waals surface area contributed by atoms with E-state index in [0.717, 1.165) is 15.7 Å². The number of hydrogen-bond donors (Lipinski definition) is 2. The first-order valence-corrected chi connectivity index (χ1v) is 14.7. The Kier molecular flexibility index (Phi) is 9.19. The summed E-state index contributed by atoms with van der Waals surface area (Å²) in [4.78, 5) is 66.3. The van der Waals surface area contributed by atoms with Gasteiger partial charge in [-0.3, -0.25) is 24.3 Å². The average molecular weight is 629 g/mol. The van der Waals surface area contributed by atoms with Gasteiger partial charge in [0.1, 0.15) is 30.7 Å². The van der Waals surface area contributed by atoms with Crippen molar-refractivity contribution >= 4 is 34.7 Å². The van der Waals surface area contributed by atoms with Crippen LogP contribution in [0.2, 0.25) is 0 Å². The number of rotatable bonds is 11. The van der Waals surface area contributed by atoms with E-state index in [4.69, 9.17) is 9.15 Å². The van der Waals surface area contributed by atoms with Crippen molar-refractivity contribution in [2.45, 2.75) is 25.6 Å². The summed E-state index contributed by atoms with van der Waals surface area (Å²) in [6.07, 6.45) is 2.01. The highest BCUT2D eigenvalue weighted by molar-refractivity contribution is 6.00. The quantitative estimate of drug-likeness (QED) is 0.192. The number of amides is 2. The molecule has 2 N–H and O–H groups in total. The Morgan fingerprint density at radius 1 is 0.830 bits per heavy atom. The van der Waals surface area contributed by atoms with E-state index in [-0.39, 0.29) is 36.1 Å². The van der Waals surface area contributed by atoms with E-state index in [1.165, 1.54) is 12.4 Å². The van der Waals surface area contributed by atoms with Gasteiger partial charge in [0.25, 0.3) is 11.4 Å². The number of oxazole rings is 1. The Morgan fingerprint density at radius 3 is 2.21 bits per heavy atom. The van der Waals surface area contributed by atoms with Crippen molar-refractivity contribution in [3.63, 3.8) is 0 Å². The fourth-order valence-corrected chi connectivity index (χ4v) is 4.88. The molecule has 0 aliphatic rings. The lowest BCUT2D eigenvalue weighted by Crippen LogP contribution is -2.45. The summed E-state index contributed by atoms with van der Waals surface area (Å²) in [5.41, 5.74) is 1.82. The molecule has 0 saturated carbocycles. The summed E-state index contributed by atoms with van der Waals surface area (Å²) in [6, 6.07) is 29.2. The van der Waals surface area contributed by atoms with Crippen molar-refractivity contribution in [2.24, 2.45) is 0 Å². The summed E-state index contributed by atoms with van der Waals surface area (Å²) >= 11 is 0. The molecule has 0 aliphatic carbocycles. The number of Topliss-reactive ketones (excluding diaryl/α,β-unsaturated/α-hetero) is 1. The largest absolute Gasteiger partial charge is 0.444 e. The van der Waals surface area contributed by atoms with Gasteiger partial charge in [-0.1, -0.05) is 91.0 Å². The Balaban J connectivity index is 1.26. The highest BCUT2D eigenvalue weighted by atomic mass is 16.5. The number of ether oxygens (including phenoxy) is 1. The van der Waals surface area contributed by atoms with Crippen LogP contribution in [0.15, 0.2) is 125 Å². The molecule has 0 aliphatic heterocycles. The molecular formula is C35H28N6O6. The predicted octanol–water partition coefficient (Wildman–Crippen LogP) is 4.81. The lowest BCUT2D eigenvalue weighted by molar-refractivity contribution is -0.122. The maximum Gasteiger partial charge on any atom is 0.412 e. The van der Waals surface area contributed by atoms with Crippen LogP contribution in [0.4, 0.5) is 10.5 Å². The van der Waals surface area contributed by atoms with Gasteiger partial charge in [-0.25, -0.2) is 14.8 Å². The second-order valence-corrected chi connectivity index (χ2v) is 10.5. The Bertz CT molecular complexity index is 2050. The van der Waals surface area contributed by atoms with Gasteiger partial charge in [0.05, 0.1) is 6.20 Å². The fraction of sp³-hybridized carbons (Fsp3) is 0.114. The smallest absolute Gasteiger partial charge is 0.412 e. The van der Waals surface area contributed by atoms with Gasteiger partial charge in [0, 0.05) is 18.2 Å². The third-order valence-electron chi connectivity index (χ3n) is 7.14. The molecule has 234 valence electrons. The zero-order valence-corrected chi connectivity index (χ0v) is 24.9. The van der Waals surface area contributed by atoms with Crippen LogP contribution in [0.1, 0.15) is 21.8 Å². The third kappa shape index (κ3) is 7.45. The molecule has 12 nitrogen and oxygen atoms in total. The van der Waals surface area contributed by atoms with Crippen LogP contribution in [0.25, 0.3) is 22.6 Å². The number of pyridine rings is 1. The maximum atomic E-state index is 13.7. The molecule has 6 rings (SSSR count). The molecule has 0 spiro atoms. The number of nitrogens with zero attached hydrogens (tertiary/aromatic N) is 4. The lowest BCUT2D eigenvalue weighted by Gasteiger charge is -2.18. The second-order valence-electron chi connectivity index (χ2n) is 10.5. The van der Waals surface area contributed by atoms with Crippen LogP contribution < -0.4 is 16.2 Å². The van der Waals surface area contributed by atoms with Gasteiger partial charge in [0.15, 0.2) is 11.2 Å². The number of hydrogen-bond acceptors (Lipinski definition) is 9. The minimum Gasteiger partial charge on any atom is -0.444 e. The van der Waals surface area contributed by atoms with E-state index in [0.29, 0.717) is 11.1 Å². The van der Waals surface area contributed by atoms with Crippen molar-refractivity contribution in [2.75, 3.05) is 5.32 Å². The zero-order chi connectivity index (χ0) is 32.6. The molecular weight excluding hydrogens is 600 g/mol. The monoisotopic (exact) mass is 628 g/mol. The van der Waals surface area contributed by atoms with Crippen molar-refractivity contribution in [3.05, 3.63) is 143 Å². The van der Waals surface area contributed by atoms with Gasteiger partial charge < -0.3 is 14.5 Å². The van der Waals surface area contributed by atoms with Crippen LogP contribution >= 0.6 is 0 Å². The number of anilines is 1. The number of benzene rings is 3. The van der Waals surface area contributed by atoms with Gasteiger partial charge in [-0.2, -0.15) is 4.98 Å². The number of carbonyl (C=O) groups is 3. The van der Waals surface area contributed by atoms with Crippen LogP contribution in [0, 0.1) is 0 Å².